The molecule has 348 valence electrons. The van der Waals surface area contributed by atoms with E-state index in [0.29, 0.717) is 19.3 Å². The van der Waals surface area contributed by atoms with E-state index in [1.807, 2.05) is 24.3 Å². The second kappa shape index (κ2) is 47.6. The molecule has 6 heteroatoms. The summed E-state index contributed by atoms with van der Waals surface area (Å²) in [5, 5.41) is 23.7. The maximum Gasteiger partial charge on any atom is 0.306 e. The molecule has 0 saturated heterocycles. The van der Waals surface area contributed by atoms with Gasteiger partial charge in [0.05, 0.1) is 25.2 Å². The van der Waals surface area contributed by atoms with Crippen molar-refractivity contribution < 1.29 is 24.5 Å². The lowest BCUT2D eigenvalue weighted by atomic mass is 10.0. The second-order valence-electron chi connectivity index (χ2n) is 17.3. The highest BCUT2D eigenvalue weighted by Gasteiger charge is 2.24. The number of unbranched alkanes of at least 4 members (excludes halogenated alkanes) is 27. The summed E-state index contributed by atoms with van der Waals surface area (Å²) in [7, 11) is 0. The molecule has 0 bridgehead atoms. The van der Waals surface area contributed by atoms with Crippen molar-refractivity contribution in [3.05, 3.63) is 60.8 Å². The fourth-order valence-electron chi connectivity index (χ4n) is 7.58. The van der Waals surface area contributed by atoms with E-state index in [1.54, 1.807) is 0 Å². The third-order valence-corrected chi connectivity index (χ3v) is 11.5. The van der Waals surface area contributed by atoms with Gasteiger partial charge in [-0.15, -0.1) is 0 Å². The van der Waals surface area contributed by atoms with Crippen molar-refractivity contribution in [2.24, 2.45) is 0 Å². The van der Waals surface area contributed by atoms with Crippen LogP contribution < -0.4 is 5.32 Å². The number of aliphatic hydroxyl groups is 2. The van der Waals surface area contributed by atoms with Crippen molar-refractivity contribution in [1.82, 2.24) is 5.32 Å². The number of esters is 1. The minimum atomic E-state index is -0.791. The molecule has 60 heavy (non-hydrogen) atoms. The number of aliphatic hydroxyl groups excluding tert-OH is 2. The Kier molecular flexibility index (Phi) is 45.7. The Morgan fingerprint density at radius 2 is 0.883 bits per heavy atom. The van der Waals surface area contributed by atoms with E-state index < -0.39 is 18.2 Å². The molecule has 3 unspecified atom stereocenters. The fraction of sp³-hybridized carbons (Fsp3) is 0.778. The summed E-state index contributed by atoms with van der Waals surface area (Å²) in [4.78, 5) is 26.1. The van der Waals surface area contributed by atoms with Crippen molar-refractivity contribution in [2.45, 2.75) is 264 Å². The predicted molar refractivity (Wildman–Crippen MR) is 259 cm³/mol. The van der Waals surface area contributed by atoms with Gasteiger partial charge in [-0.3, -0.25) is 9.59 Å². The molecular weight excluding hydrogens is 743 g/mol. The van der Waals surface area contributed by atoms with Gasteiger partial charge in [-0.05, 0) is 44.9 Å². The third kappa shape index (κ3) is 42.3. The molecule has 0 aromatic rings. The normalized spacial score (nSPS) is 13.8. The summed E-state index contributed by atoms with van der Waals surface area (Å²) in [6.07, 6.45) is 58.4. The lowest BCUT2D eigenvalue weighted by Crippen LogP contribution is -2.46. The third-order valence-electron chi connectivity index (χ3n) is 11.5. The molecule has 0 fully saturated rings. The first-order valence-corrected chi connectivity index (χ1v) is 25.6. The van der Waals surface area contributed by atoms with Gasteiger partial charge in [0.2, 0.25) is 5.91 Å². The minimum Gasteiger partial charge on any atom is -0.462 e. The fourth-order valence-corrected chi connectivity index (χ4v) is 7.58. The second-order valence-corrected chi connectivity index (χ2v) is 17.3. The van der Waals surface area contributed by atoms with Gasteiger partial charge in [-0.2, -0.15) is 0 Å². The van der Waals surface area contributed by atoms with Crippen LogP contribution >= 0.6 is 0 Å². The van der Waals surface area contributed by atoms with Crippen molar-refractivity contribution in [3.8, 4) is 0 Å². The van der Waals surface area contributed by atoms with Crippen molar-refractivity contribution >= 4 is 11.9 Å². The predicted octanol–water partition coefficient (Wildman–Crippen LogP) is 15.2. The summed E-state index contributed by atoms with van der Waals surface area (Å²) in [5.74, 6) is -0.498. The summed E-state index contributed by atoms with van der Waals surface area (Å²) in [6, 6.07) is -0.705. The standard InChI is InChI=1S/C54H97NO5/c1-4-7-10-13-16-19-22-24-25-26-27-28-29-32-35-38-41-44-47-54(59)60-50(45-42-39-36-33-31-23-20-17-14-11-8-5-2)48-53(58)55-51(49-56)52(57)46-43-40-37-34-30-21-18-15-12-9-6-3/h10,13,16,19,22,24-28,50-52,56-57H,4-9,11-12,14-15,17-18,20-21,23,29-49H2,1-3H3,(H,55,58)/b13-10+,19-16+,24-22+,26-25+,28-27+. The van der Waals surface area contributed by atoms with Crippen LogP contribution in [0.3, 0.4) is 0 Å². The molecule has 0 spiro atoms. The number of hydrogen-bond donors (Lipinski definition) is 3. The van der Waals surface area contributed by atoms with Crippen LogP contribution in [0.5, 0.6) is 0 Å². The molecule has 0 aliphatic rings. The van der Waals surface area contributed by atoms with E-state index in [9.17, 15) is 19.8 Å². The Hall–Kier alpha value is -2.44. The number of hydrogen-bond acceptors (Lipinski definition) is 5. The molecule has 0 rings (SSSR count). The highest BCUT2D eigenvalue weighted by molar-refractivity contribution is 5.77. The quantitative estimate of drug-likeness (QED) is 0.0322. The number of allylic oxidation sites excluding steroid dienone is 10. The van der Waals surface area contributed by atoms with Gasteiger partial charge >= 0.3 is 5.97 Å². The smallest absolute Gasteiger partial charge is 0.306 e. The molecule has 0 saturated carbocycles. The van der Waals surface area contributed by atoms with Crippen LogP contribution in [0.4, 0.5) is 0 Å². The first-order valence-electron chi connectivity index (χ1n) is 25.6. The van der Waals surface area contributed by atoms with E-state index in [2.05, 4.69) is 62.5 Å². The van der Waals surface area contributed by atoms with Gasteiger partial charge in [0.25, 0.3) is 0 Å². The number of nitrogens with one attached hydrogen (secondary N) is 1. The number of amides is 1. The average Bonchev–Trinajstić information content (AvgIpc) is 3.24. The van der Waals surface area contributed by atoms with Gasteiger partial charge in [0, 0.05) is 6.42 Å². The molecular formula is C54H97NO5. The van der Waals surface area contributed by atoms with Gasteiger partial charge < -0.3 is 20.3 Å². The number of carbonyl (C=O) groups excluding carboxylic acids is 2. The number of carbonyl (C=O) groups is 2. The molecule has 3 N–H and O–H groups in total. The molecule has 6 nitrogen and oxygen atoms in total. The van der Waals surface area contributed by atoms with Crippen LogP contribution in [0.25, 0.3) is 0 Å². The van der Waals surface area contributed by atoms with Crippen LogP contribution in [0, 0.1) is 0 Å². The molecule has 0 radical (unpaired) electrons. The zero-order chi connectivity index (χ0) is 43.8. The highest BCUT2D eigenvalue weighted by atomic mass is 16.5. The van der Waals surface area contributed by atoms with E-state index >= 15 is 0 Å². The Bertz CT molecular complexity index is 1080. The van der Waals surface area contributed by atoms with Crippen LogP contribution in [0.2, 0.25) is 0 Å². The van der Waals surface area contributed by atoms with Gasteiger partial charge in [-0.25, -0.2) is 0 Å². The molecule has 0 aliphatic carbocycles. The summed E-state index contributed by atoms with van der Waals surface area (Å²) >= 11 is 0. The molecule has 0 aliphatic heterocycles. The summed E-state index contributed by atoms with van der Waals surface area (Å²) in [6.45, 7) is 6.38. The lowest BCUT2D eigenvalue weighted by molar-refractivity contribution is -0.151. The Labute approximate surface area is 371 Å². The zero-order valence-electron chi connectivity index (χ0n) is 39.6. The Morgan fingerprint density at radius 3 is 1.35 bits per heavy atom. The van der Waals surface area contributed by atoms with Crippen LogP contribution in [-0.4, -0.2) is 46.9 Å². The zero-order valence-corrected chi connectivity index (χ0v) is 39.6. The number of rotatable bonds is 45. The van der Waals surface area contributed by atoms with E-state index in [0.717, 1.165) is 77.0 Å². The lowest BCUT2D eigenvalue weighted by Gasteiger charge is -2.24. The van der Waals surface area contributed by atoms with Crippen molar-refractivity contribution in [3.63, 3.8) is 0 Å². The van der Waals surface area contributed by atoms with Gasteiger partial charge in [-0.1, -0.05) is 248 Å². The maximum absolute atomic E-state index is 13.2. The summed E-state index contributed by atoms with van der Waals surface area (Å²) in [5.41, 5.74) is 0. The number of ether oxygens (including phenoxy) is 1. The highest BCUT2D eigenvalue weighted by Crippen LogP contribution is 2.18. The molecule has 0 heterocycles. The molecule has 0 aromatic carbocycles. The maximum atomic E-state index is 13.2. The molecule has 3 atom stereocenters. The summed E-state index contributed by atoms with van der Waals surface area (Å²) < 4.78 is 5.92. The van der Waals surface area contributed by atoms with E-state index in [1.165, 1.54) is 122 Å². The van der Waals surface area contributed by atoms with E-state index in [4.69, 9.17) is 4.74 Å². The topological polar surface area (TPSA) is 95.9 Å². The SMILES string of the molecule is CCC/C=C/C=C/C=C/C=C/C=C/CCCCCCCC(=O)OC(CCCCCCCCCCCCCC)CC(=O)NC(CO)C(O)CCCCCCCCCCCCC. The van der Waals surface area contributed by atoms with E-state index in [-0.39, 0.29) is 24.9 Å². The van der Waals surface area contributed by atoms with Crippen molar-refractivity contribution in [1.29, 1.82) is 0 Å². The largest absolute Gasteiger partial charge is 0.462 e. The van der Waals surface area contributed by atoms with Crippen LogP contribution in [-0.2, 0) is 14.3 Å². The molecule has 1 amide bonds. The Balaban J connectivity index is 4.60. The monoisotopic (exact) mass is 840 g/mol. The van der Waals surface area contributed by atoms with Crippen LogP contribution in [0.1, 0.15) is 245 Å². The van der Waals surface area contributed by atoms with Gasteiger partial charge in [0.1, 0.15) is 6.10 Å². The Morgan fingerprint density at radius 1 is 0.483 bits per heavy atom. The molecule has 0 aromatic heterocycles. The average molecular weight is 840 g/mol. The van der Waals surface area contributed by atoms with Crippen LogP contribution in [0.15, 0.2) is 60.8 Å². The van der Waals surface area contributed by atoms with Crippen molar-refractivity contribution in [2.75, 3.05) is 6.61 Å². The first kappa shape index (κ1) is 57.6. The van der Waals surface area contributed by atoms with Gasteiger partial charge in [0.15, 0.2) is 0 Å². The first-order chi connectivity index (χ1) is 29.5. The minimum absolute atomic E-state index is 0.0677.